The highest BCUT2D eigenvalue weighted by Gasteiger charge is 2.12. The van der Waals surface area contributed by atoms with E-state index in [2.05, 4.69) is 10.1 Å². The topological polar surface area (TPSA) is 73.3 Å². The van der Waals surface area contributed by atoms with Gasteiger partial charge in [0, 0.05) is 0 Å². The van der Waals surface area contributed by atoms with Crippen LogP contribution in [-0.4, -0.2) is 19.5 Å². The average molecular weight is 182 g/mol. The summed E-state index contributed by atoms with van der Waals surface area (Å²) < 4.78 is 14.0. The molecule has 0 aromatic carbocycles. The van der Waals surface area contributed by atoms with Gasteiger partial charge in [-0.05, 0) is 0 Å². The van der Waals surface area contributed by atoms with Crippen molar-refractivity contribution in [3.63, 3.8) is 0 Å². The Morgan fingerprint density at radius 3 is 3.08 bits per heavy atom. The van der Waals surface area contributed by atoms with E-state index in [-0.39, 0.29) is 11.3 Å². The zero-order valence-electron chi connectivity index (χ0n) is 6.22. The Morgan fingerprint density at radius 1 is 1.62 bits per heavy atom. The van der Waals surface area contributed by atoms with Crippen LogP contribution in [0.2, 0.25) is 0 Å². The lowest BCUT2D eigenvalue weighted by Crippen LogP contribution is -1.96. The number of aromatic nitrogens is 3. The largest absolute Gasteiger partial charge is 0.290 e. The highest BCUT2D eigenvalue weighted by molar-refractivity contribution is 5.43. The molecule has 2 heterocycles. The number of halogens is 1. The molecule has 0 amide bonds. The van der Waals surface area contributed by atoms with Gasteiger partial charge < -0.3 is 0 Å². The molecule has 6 nitrogen and oxygen atoms in total. The van der Waals surface area contributed by atoms with Crippen molar-refractivity contribution in [2.24, 2.45) is 0 Å². The average Bonchev–Trinajstić information content (AvgIpc) is 2.51. The molecule has 0 atom stereocenters. The predicted molar refractivity (Wildman–Crippen MR) is 39.6 cm³/mol. The van der Waals surface area contributed by atoms with E-state index in [1.165, 1.54) is 0 Å². The summed E-state index contributed by atoms with van der Waals surface area (Å²) >= 11 is 0. The first-order valence-corrected chi connectivity index (χ1v) is 3.32. The van der Waals surface area contributed by atoms with Crippen LogP contribution >= 0.6 is 0 Å². The molecule has 7 heteroatoms. The van der Waals surface area contributed by atoms with Gasteiger partial charge in [-0.3, -0.25) is 10.1 Å². The van der Waals surface area contributed by atoms with E-state index in [9.17, 15) is 14.5 Å². The molecule has 0 radical (unpaired) electrons. The van der Waals surface area contributed by atoms with Gasteiger partial charge in [-0.25, -0.2) is 13.9 Å². The van der Waals surface area contributed by atoms with E-state index >= 15 is 0 Å². The minimum absolute atomic E-state index is 0.0226. The maximum absolute atomic E-state index is 13.0. The molecule has 2 rings (SSSR count). The lowest BCUT2D eigenvalue weighted by molar-refractivity contribution is -0.385. The van der Waals surface area contributed by atoms with Gasteiger partial charge in [-0.1, -0.05) is 0 Å². The first kappa shape index (κ1) is 7.59. The molecule has 0 spiro atoms. The molecule has 0 fully saturated rings. The number of rotatable bonds is 1. The van der Waals surface area contributed by atoms with E-state index in [0.717, 1.165) is 23.1 Å². The summed E-state index contributed by atoms with van der Waals surface area (Å²) in [4.78, 5) is 13.2. The van der Waals surface area contributed by atoms with Crippen LogP contribution in [0.5, 0.6) is 0 Å². The Hall–Kier alpha value is -2.05. The van der Waals surface area contributed by atoms with Crippen LogP contribution in [0, 0.1) is 15.9 Å². The van der Waals surface area contributed by atoms with E-state index in [4.69, 9.17) is 0 Å². The second-order valence-electron chi connectivity index (χ2n) is 2.33. The minimum atomic E-state index is -0.758. The van der Waals surface area contributed by atoms with Crippen molar-refractivity contribution in [1.29, 1.82) is 0 Å². The van der Waals surface area contributed by atoms with E-state index in [1.54, 1.807) is 0 Å². The molecule has 0 aliphatic rings. The van der Waals surface area contributed by atoms with Crippen molar-refractivity contribution in [1.82, 2.24) is 14.6 Å². The highest BCUT2D eigenvalue weighted by Crippen LogP contribution is 2.14. The molecule has 0 N–H and O–H groups in total. The van der Waals surface area contributed by atoms with Crippen LogP contribution in [0.25, 0.3) is 5.65 Å². The third kappa shape index (κ3) is 1.10. The molecule has 13 heavy (non-hydrogen) atoms. The first-order chi connectivity index (χ1) is 6.18. The summed E-state index contributed by atoms with van der Waals surface area (Å²) in [5.74, 6) is -0.758. The van der Waals surface area contributed by atoms with Crippen LogP contribution in [0.4, 0.5) is 10.1 Å². The SMILES string of the molecule is O=[N+]([O-])c1cc(F)c2ncnn2c1. The molecule has 0 aliphatic heterocycles. The molecule has 0 aliphatic carbocycles. The molecular formula is C6H3FN4O2. The lowest BCUT2D eigenvalue weighted by Gasteiger charge is -1.93. The predicted octanol–water partition coefficient (Wildman–Crippen LogP) is 0.777. The molecule has 0 saturated heterocycles. The summed E-state index contributed by atoms with van der Waals surface area (Å²) in [6.07, 6.45) is 2.23. The van der Waals surface area contributed by atoms with Gasteiger partial charge in [-0.2, -0.15) is 5.10 Å². The van der Waals surface area contributed by atoms with Crippen molar-refractivity contribution in [2.75, 3.05) is 0 Å². The van der Waals surface area contributed by atoms with Crippen molar-refractivity contribution in [3.8, 4) is 0 Å². The fourth-order valence-corrected chi connectivity index (χ4v) is 0.972. The molecular weight excluding hydrogens is 179 g/mol. The van der Waals surface area contributed by atoms with Gasteiger partial charge >= 0.3 is 0 Å². The quantitative estimate of drug-likeness (QED) is 0.482. The van der Waals surface area contributed by atoms with Gasteiger partial charge in [0.25, 0.3) is 5.69 Å². The smallest absolute Gasteiger partial charge is 0.258 e. The molecule has 2 aromatic rings. The van der Waals surface area contributed by atoms with Gasteiger partial charge in [0.1, 0.15) is 12.5 Å². The normalized spacial score (nSPS) is 10.5. The Morgan fingerprint density at radius 2 is 2.38 bits per heavy atom. The number of nitrogens with zero attached hydrogens (tertiary/aromatic N) is 4. The maximum Gasteiger partial charge on any atom is 0.290 e. The van der Waals surface area contributed by atoms with Crippen LogP contribution in [-0.2, 0) is 0 Å². The van der Waals surface area contributed by atoms with Crippen molar-refractivity contribution in [2.45, 2.75) is 0 Å². The second-order valence-corrected chi connectivity index (χ2v) is 2.33. The number of nitro groups is 1. The van der Waals surface area contributed by atoms with Crippen LogP contribution in [0.1, 0.15) is 0 Å². The number of fused-ring (bicyclic) bond motifs is 1. The monoisotopic (exact) mass is 182 g/mol. The lowest BCUT2D eigenvalue weighted by atomic mass is 10.4. The highest BCUT2D eigenvalue weighted by atomic mass is 19.1. The van der Waals surface area contributed by atoms with Gasteiger partial charge in [0.2, 0.25) is 0 Å². The van der Waals surface area contributed by atoms with Crippen molar-refractivity contribution in [3.05, 3.63) is 34.5 Å². The number of hydrogen-bond donors (Lipinski definition) is 0. The van der Waals surface area contributed by atoms with Gasteiger partial charge in [0.15, 0.2) is 11.5 Å². The molecule has 0 bridgehead atoms. The summed E-state index contributed by atoms with van der Waals surface area (Å²) in [6, 6.07) is 0.810. The van der Waals surface area contributed by atoms with Gasteiger partial charge in [-0.15, -0.1) is 0 Å². The molecule has 0 unspecified atom stereocenters. The van der Waals surface area contributed by atoms with Crippen LogP contribution in [0.15, 0.2) is 18.6 Å². The number of pyridine rings is 1. The van der Waals surface area contributed by atoms with E-state index in [0.29, 0.717) is 0 Å². The Bertz CT molecular complexity index is 480. The molecule has 0 saturated carbocycles. The van der Waals surface area contributed by atoms with Crippen molar-refractivity contribution < 1.29 is 9.31 Å². The fraction of sp³-hybridized carbons (Fsp3) is 0. The Kier molecular flexibility index (Phi) is 1.44. The third-order valence-corrected chi connectivity index (χ3v) is 1.53. The Balaban J connectivity index is 2.77. The Labute approximate surface area is 70.8 Å². The maximum atomic E-state index is 13.0. The van der Waals surface area contributed by atoms with Crippen molar-refractivity contribution >= 4 is 11.3 Å². The fourth-order valence-electron chi connectivity index (χ4n) is 0.972. The van der Waals surface area contributed by atoms with E-state index < -0.39 is 10.7 Å². The zero-order valence-corrected chi connectivity index (χ0v) is 6.22. The van der Waals surface area contributed by atoms with Gasteiger partial charge in [0.05, 0.1) is 11.0 Å². The third-order valence-electron chi connectivity index (χ3n) is 1.53. The van der Waals surface area contributed by atoms with Crippen LogP contribution in [0.3, 0.4) is 0 Å². The molecule has 2 aromatic heterocycles. The summed E-state index contributed by atoms with van der Waals surface area (Å²) in [5, 5.41) is 13.9. The number of hydrogen-bond acceptors (Lipinski definition) is 4. The standard InChI is InChI=1S/C6H3FN4O2/c7-5-1-4(11(12)13)2-10-6(5)8-3-9-10/h1-3H. The van der Waals surface area contributed by atoms with E-state index in [1.807, 2.05) is 0 Å². The van der Waals surface area contributed by atoms with Crippen LogP contribution < -0.4 is 0 Å². The summed E-state index contributed by atoms with van der Waals surface area (Å²) in [7, 11) is 0. The summed E-state index contributed by atoms with van der Waals surface area (Å²) in [6.45, 7) is 0. The first-order valence-electron chi connectivity index (χ1n) is 3.32. The zero-order chi connectivity index (χ0) is 9.42. The second kappa shape index (κ2) is 2.47. The minimum Gasteiger partial charge on any atom is -0.258 e. The summed E-state index contributed by atoms with van der Waals surface area (Å²) in [5.41, 5.74) is -0.374. The molecule has 66 valence electrons.